The van der Waals surface area contributed by atoms with Crippen molar-refractivity contribution in [2.24, 2.45) is 5.92 Å². The van der Waals surface area contributed by atoms with Gasteiger partial charge in [-0.15, -0.1) is 0 Å². The maximum absolute atomic E-state index is 11.8. The summed E-state index contributed by atoms with van der Waals surface area (Å²) in [5, 5.41) is 0. The predicted molar refractivity (Wildman–Crippen MR) is 58.7 cm³/mol. The third-order valence-electron chi connectivity index (χ3n) is 3.39. The third-order valence-corrected chi connectivity index (χ3v) is 3.39. The van der Waals surface area contributed by atoms with Gasteiger partial charge in [-0.05, 0) is 24.8 Å². The standard InChI is InChI=1S/C13H16O2/c1-9-5-4-6-11(7-9)13(8-10(13)2)12(14)15-3/h4-7,10H,8H2,1-3H3. The van der Waals surface area contributed by atoms with Gasteiger partial charge in [0.2, 0.25) is 0 Å². The number of carbonyl (C=O) groups excluding carboxylic acids is 1. The summed E-state index contributed by atoms with van der Waals surface area (Å²) < 4.78 is 4.90. The summed E-state index contributed by atoms with van der Waals surface area (Å²) in [7, 11) is 1.46. The lowest BCUT2D eigenvalue weighted by atomic mass is 9.92. The number of hydrogen-bond acceptors (Lipinski definition) is 2. The van der Waals surface area contributed by atoms with Gasteiger partial charge in [-0.1, -0.05) is 36.8 Å². The van der Waals surface area contributed by atoms with Crippen LogP contribution in [0, 0.1) is 12.8 Å². The largest absolute Gasteiger partial charge is 0.468 e. The minimum atomic E-state index is -0.360. The molecule has 0 heterocycles. The van der Waals surface area contributed by atoms with E-state index in [9.17, 15) is 4.79 Å². The zero-order valence-electron chi connectivity index (χ0n) is 9.41. The van der Waals surface area contributed by atoms with Crippen molar-refractivity contribution in [1.82, 2.24) is 0 Å². The molecule has 0 bridgehead atoms. The Kier molecular flexibility index (Phi) is 2.29. The van der Waals surface area contributed by atoms with Crippen molar-refractivity contribution in [3.05, 3.63) is 35.4 Å². The molecule has 1 fully saturated rings. The van der Waals surface area contributed by atoms with Crippen molar-refractivity contribution in [3.8, 4) is 0 Å². The Balaban J connectivity index is 2.40. The Bertz CT molecular complexity index is 397. The molecule has 0 spiro atoms. The lowest BCUT2D eigenvalue weighted by Gasteiger charge is -2.14. The molecule has 2 heteroatoms. The number of hydrogen-bond donors (Lipinski definition) is 0. The Morgan fingerprint density at radius 2 is 2.20 bits per heavy atom. The van der Waals surface area contributed by atoms with Crippen LogP contribution in [0.2, 0.25) is 0 Å². The summed E-state index contributed by atoms with van der Waals surface area (Å²) >= 11 is 0. The summed E-state index contributed by atoms with van der Waals surface area (Å²) in [6, 6.07) is 8.15. The maximum Gasteiger partial charge on any atom is 0.316 e. The molecule has 80 valence electrons. The van der Waals surface area contributed by atoms with E-state index in [4.69, 9.17) is 4.74 Å². The molecule has 1 aromatic rings. The van der Waals surface area contributed by atoms with Crippen LogP contribution in [0.3, 0.4) is 0 Å². The second-order valence-electron chi connectivity index (χ2n) is 4.44. The number of aryl methyl sites for hydroxylation is 1. The van der Waals surface area contributed by atoms with Gasteiger partial charge in [0.15, 0.2) is 0 Å². The van der Waals surface area contributed by atoms with Crippen LogP contribution in [0.4, 0.5) is 0 Å². The summed E-state index contributed by atoms with van der Waals surface area (Å²) in [5.74, 6) is 0.298. The van der Waals surface area contributed by atoms with Gasteiger partial charge in [0, 0.05) is 0 Å². The van der Waals surface area contributed by atoms with Crippen LogP contribution in [0.25, 0.3) is 0 Å². The first-order valence-corrected chi connectivity index (χ1v) is 5.27. The highest BCUT2D eigenvalue weighted by molar-refractivity contribution is 5.87. The Morgan fingerprint density at radius 3 is 2.67 bits per heavy atom. The number of methoxy groups -OCH3 is 1. The average molecular weight is 204 g/mol. The number of benzene rings is 1. The van der Waals surface area contributed by atoms with E-state index in [2.05, 4.69) is 13.0 Å². The van der Waals surface area contributed by atoms with Crippen molar-refractivity contribution in [3.63, 3.8) is 0 Å². The van der Waals surface area contributed by atoms with Crippen molar-refractivity contribution in [1.29, 1.82) is 0 Å². The first kappa shape index (κ1) is 10.2. The van der Waals surface area contributed by atoms with Crippen LogP contribution < -0.4 is 0 Å². The molecule has 2 rings (SSSR count). The Morgan fingerprint density at radius 1 is 1.53 bits per heavy atom. The van der Waals surface area contributed by atoms with Gasteiger partial charge < -0.3 is 4.74 Å². The van der Waals surface area contributed by atoms with Crippen LogP contribution in [0.1, 0.15) is 24.5 Å². The first-order valence-electron chi connectivity index (χ1n) is 5.27. The second kappa shape index (κ2) is 3.37. The van der Waals surface area contributed by atoms with E-state index in [0.29, 0.717) is 5.92 Å². The van der Waals surface area contributed by atoms with Crippen molar-refractivity contribution in [2.45, 2.75) is 25.7 Å². The van der Waals surface area contributed by atoms with E-state index in [1.807, 2.05) is 25.1 Å². The first-order chi connectivity index (χ1) is 7.11. The molecule has 0 aromatic heterocycles. The average Bonchev–Trinajstić information content (AvgIpc) is 2.90. The quantitative estimate of drug-likeness (QED) is 0.692. The van der Waals surface area contributed by atoms with Crippen LogP contribution in [0.5, 0.6) is 0 Å². The normalized spacial score (nSPS) is 28.6. The molecule has 0 saturated heterocycles. The molecule has 1 aliphatic carbocycles. The fraction of sp³-hybridized carbons (Fsp3) is 0.462. The maximum atomic E-state index is 11.8. The molecule has 1 saturated carbocycles. The molecule has 0 amide bonds. The second-order valence-corrected chi connectivity index (χ2v) is 4.44. The minimum Gasteiger partial charge on any atom is -0.468 e. The summed E-state index contributed by atoms with van der Waals surface area (Å²) in [6.07, 6.45) is 0.906. The Labute approximate surface area is 90.3 Å². The van der Waals surface area contributed by atoms with Gasteiger partial charge in [-0.2, -0.15) is 0 Å². The van der Waals surface area contributed by atoms with Crippen LogP contribution in [-0.2, 0) is 14.9 Å². The molecule has 0 aliphatic heterocycles. The molecular weight excluding hydrogens is 188 g/mol. The van der Waals surface area contributed by atoms with Gasteiger partial charge in [0.25, 0.3) is 0 Å². The molecule has 1 aliphatic rings. The number of rotatable bonds is 2. The Hall–Kier alpha value is -1.31. The monoisotopic (exact) mass is 204 g/mol. The van der Waals surface area contributed by atoms with Gasteiger partial charge >= 0.3 is 5.97 Å². The van der Waals surface area contributed by atoms with E-state index < -0.39 is 0 Å². The highest BCUT2D eigenvalue weighted by atomic mass is 16.5. The fourth-order valence-corrected chi connectivity index (χ4v) is 2.33. The smallest absolute Gasteiger partial charge is 0.316 e. The topological polar surface area (TPSA) is 26.3 Å². The molecule has 15 heavy (non-hydrogen) atoms. The predicted octanol–water partition coefficient (Wildman–Crippen LogP) is 2.45. The SMILES string of the molecule is COC(=O)C1(c2cccc(C)c2)CC1C. The molecule has 0 N–H and O–H groups in total. The van der Waals surface area contributed by atoms with Crippen LogP contribution in [0.15, 0.2) is 24.3 Å². The van der Waals surface area contributed by atoms with Crippen molar-refractivity contribution < 1.29 is 9.53 Å². The van der Waals surface area contributed by atoms with E-state index in [-0.39, 0.29) is 11.4 Å². The molecule has 1 aromatic carbocycles. The van der Waals surface area contributed by atoms with Gasteiger partial charge in [-0.3, -0.25) is 4.79 Å². The van der Waals surface area contributed by atoms with Crippen molar-refractivity contribution in [2.75, 3.05) is 7.11 Å². The summed E-state index contributed by atoms with van der Waals surface area (Å²) in [6.45, 7) is 4.14. The van der Waals surface area contributed by atoms with Gasteiger partial charge in [-0.25, -0.2) is 0 Å². The zero-order valence-corrected chi connectivity index (χ0v) is 9.41. The summed E-state index contributed by atoms with van der Waals surface area (Å²) in [5.41, 5.74) is 1.93. The van der Waals surface area contributed by atoms with E-state index in [1.54, 1.807) is 0 Å². The zero-order chi connectivity index (χ0) is 11.1. The fourth-order valence-electron chi connectivity index (χ4n) is 2.33. The van der Waals surface area contributed by atoms with E-state index >= 15 is 0 Å². The molecular formula is C13H16O2. The van der Waals surface area contributed by atoms with Crippen LogP contribution in [-0.4, -0.2) is 13.1 Å². The minimum absolute atomic E-state index is 0.0967. The third kappa shape index (κ3) is 1.44. The summed E-state index contributed by atoms with van der Waals surface area (Å²) in [4.78, 5) is 11.8. The highest BCUT2D eigenvalue weighted by Crippen LogP contribution is 2.54. The number of ether oxygens (including phenoxy) is 1. The molecule has 2 nitrogen and oxygen atoms in total. The van der Waals surface area contributed by atoms with Crippen molar-refractivity contribution >= 4 is 5.97 Å². The van der Waals surface area contributed by atoms with Gasteiger partial charge in [0.05, 0.1) is 12.5 Å². The lowest BCUT2D eigenvalue weighted by molar-refractivity contribution is -0.144. The van der Waals surface area contributed by atoms with Gasteiger partial charge in [0.1, 0.15) is 0 Å². The number of carbonyl (C=O) groups is 1. The molecule has 2 unspecified atom stereocenters. The molecule has 2 atom stereocenters. The van der Waals surface area contributed by atoms with Crippen LogP contribution >= 0.6 is 0 Å². The lowest BCUT2D eigenvalue weighted by Crippen LogP contribution is -2.24. The highest BCUT2D eigenvalue weighted by Gasteiger charge is 2.59. The van der Waals surface area contributed by atoms with E-state index in [1.165, 1.54) is 12.7 Å². The number of esters is 1. The molecule has 0 radical (unpaired) electrons. The van der Waals surface area contributed by atoms with E-state index in [0.717, 1.165) is 12.0 Å².